The monoisotopic (exact) mass is 455 g/mol. The van der Waals surface area contributed by atoms with Crippen molar-refractivity contribution in [2.24, 2.45) is 0 Å². The van der Waals surface area contributed by atoms with Crippen molar-refractivity contribution in [2.45, 2.75) is 6.54 Å². The van der Waals surface area contributed by atoms with Gasteiger partial charge in [-0.3, -0.25) is 14.9 Å². The standard InChI is InChI=1S/C21H18BrN3O4/c22-16-6-11-20(29-14-21(26)24-18-4-2-1-3-5-18)15(12-16)13-23-17-7-9-19(10-8-17)25(27)28/h1-12,23H,13-14H2,(H,24,26). The number of rotatable bonds is 8. The predicted octanol–water partition coefficient (Wildman–Crippen LogP) is 4.99. The molecule has 0 saturated heterocycles. The summed E-state index contributed by atoms with van der Waals surface area (Å²) in [5.74, 6) is 0.319. The van der Waals surface area contributed by atoms with Crippen LogP contribution in [0.4, 0.5) is 17.1 Å². The molecule has 0 bridgehead atoms. The van der Waals surface area contributed by atoms with E-state index in [1.807, 2.05) is 30.3 Å². The van der Waals surface area contributed by atoms with Gasteiger partial charge in [0.05, 0.1) is 4.92 Å². The number of halogens is 1. The molecule has 0 unspecified atom stereocenters. The molecule has 0 saturated carbocycles. The number of carbonyl (C=O) groups is 1. The van der Waals surface area contributed by atoms with Crippen molar-refractivity contribution >= 4 is 38.9 Å². The van der Waals surface area contributed by atoms with Crippen LogP contribution in [-0.2, 0) is 11.3 Å². The molecule has 8 heteroatoms. The molecule has 0 fully saturated rings. The molecule has 3 rings (SSSR count). The molecule has 0 aliphatic carbocycles. The lowest BCUT2D eigenvalue weighted by Gasteiger charge is -2.13. The highest BCUT2D eigenvalue weighted by molar-refractivity contribution is 9.10. The summed E-state index contributed by atoms with van der Waals surface area (Å²) in [6, 6.07) is 20.8. The number of nitrogens with one attached hydrogen (secondary N) is 2. The van der Waals surface area contributed by atoms with Crippen molar-refractivity contribution in [1.29, 1.82) is 0 Å². The molecule has 0 aromatic heterocycles. The van der Waals surface area contributed by atoms with E-state index >= 15 is 0 Å². The smallest absolute Gasteiger partial charge is 0.269 e. The second-order valence-corrected chi connectivity index (χ2v) is 7.03. The van der Waals surface area contributed by atoms with E-state index in [0.29, 0.717) is 18.0 Å². The summed E-state index contributed by atoms with van der Waals surface area (Å²) in [5.41, 5.74) is 2.32. The Labute approximate surface area is 176 Å². The average Bonchev–Trinajstić information content (AvgIpc) is 2.72. The minimum atomic E-state index is -0.440. The van der Waals surface area contributed by atoms with Gasteiger partial charge in [-0.15, -0.1) is 0 Å². The Balaban J connectivity index is 1.61. The number of non-ortho nitro benzene ring substituents is 1. The first-order chi connectivity index (χ1) is 14.0. The van der Waals surface area contributed by atoms with Gasteiger partial charge >= 0.3 is 0 Å². The molecule has 0 aliphatic rings. The summed E-state index contributed by atoms with van der Waals surface area (Å²) in [6.45, 7) is 0.300. The minimum absolute atomic E-state index is 0.0338. The lowest BCUT2D eigenvalue weighted by atomic mass is 10.2. The molecule has 0 aliphatic heterocycles. The molecule has 0 atom stereocenters. The number of carbonyl (C=O) groups excluding carboxylic acids is 1. The van der Waals surface area contributed by atoms with Crippen LogP contribution in [0.25, 0.3) is 0 Å². The first-order valence-electron chi connectivity index (χ1n) is 8.76. The van der Waals surface area contributed by atoms with Gasteiger partial charge in [-0.05, 0) is 42.5 Å². The van der Waals surface area contributed by atoms with Gasteiger partial charge in [0.2, 0.25) is 0 Å². The van der Waals surface area contributed by atoms with Gasteiger partial charge in [-0.1, -0.05) is 34.1 Å². The van der Waals surface area contributed by atoms with Crippen molar-refractivity contribution in [3.05, 3.63) is 92.9 Å². The Hall–Kier alpha value is -3.39. The number of nitrogens with zero attached hydrogens (tertiary/aromatic N) is 1. The molecule has 2 N–H and O–H groups in total. The summed E-state index contributed by atoms with van der Waals surface area (Å²) < 4.78 is 6.58. The lowest BCUT2D eigenvalue weighted by Crippen LogP contribution is -2.20. The fraction of sp³-hybridized carbons (Fsp3) is 0.0952. The molecule has 0 heterocycles. The molecular weight excluding hydrogens is 438 g/mol. The van der Waals surface area contributed by atoms with E-state index in [-0.39, 0.29) is 18.2 Å². The number of benzene rings is 3. The van der Waals surface area contributed by atoms with E-state index in [1.54, 1.807) is 30.3 Å². The van der Waals surface area contributed by atoms with E-state index in [9.17, 15) is 14.9 Å². The minimum Gasteiger partial charge on any atom is -0.483 e. The van der Waals surface area contributed by atoms with Gasteiger partial charge in [0.1, 0.15) is 5.75 Å². The maximum absolute atomic E-state index is 12.1. The van der Waals surface area contributed by atoms with Gasteiger partial charge in [-0.25, -0.2) is 0 Å². The maximum atomic E-state index is 12.1. The zero-order valence-corrected chi connectivity index (χ0v) is 16.9. The third kappa shape index (κ3) is 6.05. The number of amides is 1. The first-order valence-corrected chi connectivity index (χ1v) is 9.55. The number of anilines is 2. The van der Waals surface area contributed by atoms with Crippen LogP contribution in [-0.4, -0.2) is 17.4 Å². The Bertz CT molecular complexity index is 995. The Morgan fingerprint density at radius 3 is 2.41 bits per heavy atom. The SMILES string of the molecule is O=C(COc1ccc(Br)cc1CNc1ccc([N+](=O)[O-])cc1)Nc1ccccc1. The molecule has 0 radical (unpaired) electrons. The Morgan fingerprint density at radius 1 is 1.00 bits per heavy atom. The number of nitro benzene ring substituents is 1. The molecule has 29 heavy (non-hydrogen) atoms. The zero-order valence-electron chi connectivity index (χ0n) is 15.3. The third-order valence-corrected chi connectivity index (χ3v) is 4.49. The van der Waals surface area contributed by atoms with E-state index in [4.69, 9.17) is 4.74 Å². The van der Waals surface area contributed by atoms with Crippen LogP contribution in [0.2, 0.25) is 0 Å². The Kier molecular flexibility index (Phi) is 6.80. The van der Waals surface area contributed by atoms with E-state index in [1.165, 1.54) is 12.1 Å². The van der Waals surface area contributed by atoms with Gasteiger partial charge in [0.15, 0.2) is 6.61 Å². The highest BCUT2D eigenvalue weighted by Crippen LogP contribution is 2.25. The average molecular weight is 456 g/mol. The van der Waals surface area contributed by atoms with Crippen molar-refractivity contribution in [3.8, 4) is 5.75 Å². The van der Waals surface area contributed by atoms with Crippen LogP contribution in [0.1, 0.15) is 5.56 Å². The second kappa shape index (κ2) is 9.70. The van der Waals surface area contributed by atoms with Crippen LogP contribution in [0.3, 0.4) is 0 Å². The van der Waals surface area contributed by atoms with Crippen LogP contribution in [0.15, 0.2) is 77.3 Å². The molecule has 0 spiro atoms. The zero-order chi connectivity index (χ0) is 20.6. The van der Waals surface area contributed by atoms with Gasteiger partial charge in [-0.2, -0.15) is 0 Å². The summed E-state index contributed by atoms with van der Waals surface area (Å²) >= 11 is 3.43. The second-order valence-electron chi connectivity index (χ2n) is 6.11. The number of para-hydroxylation sites is 1. The van der Waals surface area contributed by atoms with E-state index in [2.05, 4.69) is 26.6 Å². The fourth-order valence-electron chi connectivity index (χ4n) is 2.59. The maximum Gasteiger partial charge on any atom is 0.269 e. The van der Waals surface area contributed by atoms with E-state index in [0.717, 1.165) is 15.7 Å². The lowest BCUT2D eigenvalue weighted by molar-refractivity contribution is -0.384. The Morgan fingerprint density at radius 2 is 1.72 bits per heavy atom. The first kappa shape index (κ1) is 20.3. The van der Waals surface area contributed by atoms with Gasteiger partial charge in [0, 0.05) is 40.1 Å². The molecule has 1 amide bonds. The van der Waals surface area contributed by atoms with Crippen LogP contribution in [0.5, 0.6) is 5.75 Å². The van der Waals surface area contributed by atoms with Gasteiger partial charge < -0.3 is 15.4 Å². The number of hydrogen-bond acceptors (Lipinski definition) is 5. The summed E-state index contributed by atoms with van der Waals surface area (Å²) in [5, 5.41) is 16.7. The van der Waals surface area contributed by atoms with E-state index < -0.39 is 4.92 Å². The molecule has 3 aromatic rings. The highest BCUT2D eigenvalue weighted by Gasteiger charge is 2.09. The highest BCUT2D eigenvalue weighted by atomic mass is 79.9. The largest absolute Gasteiger partial charge is 0.483 e. The molecular formula is C21H18BrN3O4. The van der Waals surface area contributed by atoms with Crippen molar-refractivity contribution in [2.75, 3.05) is 17.2 Å². The quantitative estimate of drug-likeness (QED) is 0.368. The van der Waals surface area contributed by atoms with Crippen molar-refractivity contribution in [3.63, 3.8) is 0 Å². The van der Waals surface area contributed by atoms with Crippen LogP contribution in [0, 0.1) is 10.1 Å². The summed E-state index contributed by atoms with van der Waals surface area (Å²) in [6.07, 6.45) is 0. The molecule has 148 valence electrons. The van der Waals surface area contributed by atoms with Crippen LogP contribution < -0.4 is 15.4 Å². The molecule has 3 aromatic carbocycles. The number of hydrogen-bond donors (Lipinski definition) is 2. The molecule has 7 nitrogen and oxygen atoms in total. The summed E-state index contributed by atoms with van der Waals surface area (Å²) in [7, 11) is 0. The van der Waals surface area contributed by atoms with Crippen molar-refractivity contribution in [1.82, 2.24) is 0 Å². The number of ether oxygens (including phenoxy) is 1. The third-order valence-electron chi connectivity index (χ3n) is 4.00. The predicted molar refractivity (Wildman–Crippen MR) is 115 cm³/mol. The van der Waals surface area contributed by atoms with Gasteiger partial charge in [0.25, 0.3) is 11.6 Å². The normalized spacial score (nSPS) is 10.2. The summed E-state index contributed by atoms with van der Waals surface area (Å²) in [4.78, 5) is 22.4. The van der Waals surface area contributed by atoms with Crippen LogP contribution >= 0.6 is 15.9 Å². The fourth-order valence-corrected chi connectivity index (χ4v) is 3.00. The topological polar surface area (TPSA) is 93.5 Å². The number of nitro groups is 1. The van der Waals surface area contributed by atoms with Crippen molar-refractivity contribution < 1.29 is 14.5 Å².